The van der Waals surface area contributed by atoms with Gasteiger partial charge in [-0.2, -0.15) is 0 Å². The number of nitrogens with one attached hydrogen (secondary N) is 2. The van der Waals surface area contributed by atoms with Crippen LogP contribution in [0.4, 0.5) is 0 Å². The summed E-state index contributed by atoms with van der Waals surface area (Å²) >= 11 is 0. The summed E-state index contributed by atoms with van der Waals surface area (Å²) in [5.74, 6) is 0.136. The summed E-state index contributed by atoms with van der Waals surface area (Å²) in [6, 6.07) is 1.83. The Kier molecular flexibility index (Phi) is 3.01. The second kappa shape index (κ2) is 4.29. The molecule has 88 valence electrons. The van der Waals surface area contributed by atoms with Crippen molar-refractivity contribution in [3.05, 3.63) is 24.0 Å². The fourth-order valence-electron chi connectivity index (χ4n) is 2.55. The summed E-state index contributed by atoms with van der Waals surface area (Å²) in [5, 5.41) is 3.18. The van der Waals surface area contributed by atoms with Crippen LogP contribution in [-0.2, 0) is 0 Å². The van der Waals surface area contributed by atoms with E-state index in [-0.39, 0.29) is 11.4 Å². The van der Waals surface area contributed by atoms with Crippen molar-refractivity contribution in [3.8, 4) is 0 Å². The van der Waals surface area contributed by atoms with Gasteiger partial charge in [-0.15, -0.1) is 0 Å². The Hall–Kier alpha value is -1.29. The van der Waals surface area contributed by atoms with Crippen molar-refractivity contribution < 1.29 is 4.79 Å². The predicted octanol–water partition coefficient (Wildman–Crippen LogP) is 1.23. The number of hydrogen-bond acceptors (Lipinski definition) is 2. The van der Waals surface area contributed by atoms with E-state index in [1.54, 1.807) is 12.4 Å². The number of aromatic nitrogens is 1. The van der Waals surface area contributed by atoms with Gasteiger partial charge in [0.05, 0.1) is 11.1 Å². The molecule has 0 bridgehead atoms. The second-order valence-electron chi connectivity index (χ2n) is 4.69. The highest BCUT2D eigenvalue weighted by molar-refractivity contribution is 5.94. The fourth-order valence-corrected chi connectivity index (χ4v) is 2.55. The Morgan fingerprint density at radius 2 is 2.50 bits per heavy atom. The molecule has 2 heterocycles. The lowest BCUT2D eigenvalue weighted by molar-refractivity contribution is 0.0626. The lowest BCUT2D eigenvalue weighted by atomic mass is 9.98. The van der Waals surface area contributed by atoms with Crippen LogP contribution in [0, 0.1) is 0 Å². The number of likely N-dealkylation sites (tertiary alicyclic amines) is 1. The zero-order valence-corrected chi connectivity index (χ0v) is 9.92. The molecule has 2 rings (SSSR count). The largest absolute Gasteiger partial charge is 0.367 e. The van der Waals surface area contributed by atoms with Crippen molar-refractivity contribution >= 4 is 5.91 Å². The van der Waals surface area contributed by atoms with Gasteiger partial charge in [0.1, 0.15) is 0 Å². The van der Waals surface area contributed by atoms with Gasteiger partial charge in [-0.1, -0.05) is 0 Å². The van der Waals surface area contributed by atoms with E-state index in [1.807, 2.05) is 18.0 Å². The quantitative estimate of drug-likeness (QED) is 0.806. The third kappa shape index (κ3) is 1.85. The molecule has 1 unspecified atom stereocenters. The molecule has 0 saturated carbocycles. The molecule has 0 spiro atoms. The van der Waals surface area contributed by atoms with Crippen LogP contribution >= 0.6 is 0 Å². The predicted molar refractivity (Wildman–Crippen MR) is 63.4 cm³/mol. The monoisotopic (exact) mass is 221 g/mol. The van der Waals surface area contributed by atoms with Gasteiger partial charge in [-0.25, -0.2) is 0 Å². The summed E-state index contributed by atoms with van der Waals surface area (Å²) in [5.41, 5.74) is 0.715. The van der Waals surface area contributed by atoms with E-state index in [9.17, 15) is 4.79 Å². The van der Waals surface area contributed by atoms with Crippen LogP contribution in [0.2, 0.25) is 0 Å². The molecular weight excluding hydrogens is 202 g/mol. The molecular formula is C12H19N3O. The van der Waals surface area contributed by atoms with Gasteiger partial charge in [0, 0.05) is 25.5 Å². The first-order chi connectivity index (χ1) is 7.67. The number of nitrogens with zero attached hydrogens (tertiary/aromatic N) is 1. The zero-order chi connectivity index (χ0) is 11.6. The van der Waals surface area contributed by atoms with Crippen molar-refractivity contribution in [2.45, 2.75) is 25.3 Å². The standard InChI is InChI=1S/C12H19N3O/c1-12(9-13-2)5-3-7-15(12)11(16)10-4-6-14-8-10/h4,6,8,13-14H,3,5,7,9H2,1-2H3. The van der Waals surface area contributed by atoms with Gasteiger partial charge in [0.2, 0.25) is 0 Å². The molecule has 2 N–H and O–H groups in total. The molecule has 0 radical (unpaired) electrons. The number of aromatic amines is 1. The van der Waals surface area contributed by atoms with E-state index >= 15 is 0 Å². The highest BCUT2D eigenvalue weighted by Gasteiger charge is 2.39. The fraction of sp³-hybridized carbons (Fsp3) is 0.583. The third-order valence-electron chi connectivity index (χ3n) is 3.40. The zero-order valence-electron chi connectivity index (χ0n) is 9.92. The maximum atomic E-state index is 12.3. The number of carbonyl (C=O) groups excluding carboxylic acids is 1. The summed E-state index contributed by atoms with van der Waals surface area (Å²) in [4.78, 5) is 17.2. The average Bonchev–Trinajstić information content (AvgIpc) is 2.86. The topological polar surface area (TPSA) is 48.1 Å². The van der Waals surface area contributed by atoms with E-state index in [0.717, 1.165) is 31.5 Å². The number of amides is 1. The smallest absolute Gasteiger partial charge is 0.255 e. The van der Waals surface area contributed by atoms with Gasteiger partial charge in [0.25, 0.3) is 5.91 Å². The molecule has 1 amide bonds. The molecule has 1 saturated heterocycles. The van der Waals surface area contributed by atoms with Crippen LogP contribution in [-0.4, -0.2) is 41.5 Å². The van der Waals surface area contributed by atoms with Crippen LogP contribution in [0.25, 0.3) is 0 Å². The molecule has 0 aliphatic carbocycles. The van der Waals surface area contributed by atoms with Crippen molar-refractivity contribution in [2.75, 3.05) is 20.1 Å². The first-order valence-corrected chi connectivity index (χ1v) is 5.77. The molecule has 1 fully saturated rings. The van der Waals surface area contributed by atoms with E-state index in [2.05, 4.69) is 17.2 Å². The molecule has 1 aromatic rings. The number of carbonyl (C=O) groups is 1. The van der Waals surface area contributed by atoms with Gasteiger partial charge in [-0.3, -0.25) is 4.79 Å². The molecule has 1 aliphatic heterocycles. The minimum atomic E-state index is -0.0386. The molecule has 1 aromatic heterocycles. The highest BCUT2D eigenvalue weighted by atomic mass is 16.2. The Morgan fingerprint density at radius 1 is 1.69 bits per heavy atom. The molecule has 16 heavy (non-hydrogen) atoms. The van der Waals surface area contributed by atoms with Crippen molar-refractivity contribution in [3.63, 3.8) is 0 Å². The van der Waals surface area contributed by atoms with Crippen LogP contribution in [0.15, 0.2) is 18.5 Å². The number of likely N-dealkylation sites (N-methyl/N-ethyl adjacent to an activating group) is 1. The Labute approximate surface area is 96.0 Å². The van der Waals surface area contributed by atoms with E-state index in [4.69, 9.17) is 0 Å². The van der Waals surface area contributed by atoms with Gasteiger partial charge >= 0.3 is 0 Å². The number of hydrogen-bond donors (Lipinski definition) is 2. The first-order valence-electron chi connectivity index (χ1n) is 5.77. The Bertz CT molecular complexity index is 360. The van der Waals surface area contributed by atoms with Gasteiger partial charge in [0.15, 0.2) is 0 Å². The van der Waals surface area contributed by atoms with Crippen molar-refractivity contribution in [1.29, 1.82) is 0 Å². The van der Waals surface area contributed by atoms with Crippen LogP contribution in [0.5, 0.6) is 0 Å². The molecule has 0 aromatic carbocycles. The summed E-state index contributed by atoms with van der Waals surface area (Å²) in [6.45, 7) is 3.87. The van der Waals surface area contributed by atoms with E-state index < -0.39 is 0 Å². The van der Waals surface area contributed by atoms with Gasteiger partial charge < -0.3 is 15.2 Å². The first kappa shape index (κ1) is 11.2. The minimum absolute atomic E-state index is 0.0386. The lowest BCUT2D eigenvalue weighted by Gasteiger charge is -2.35. The van der Waals surface area contributed by atoms with Crippen LogP contribution < -0.4 is 5.32 Å². The summed E-state index contributed by atoms with van der Waals surface area (Å²) in [6.07, 6.45) is 5.72. The minimum Gasteiger partial charge on any atom is -0.367 e. The van der Waals surface area contributed by atoms with Crippen LogP contribution in [0.3, 0.4) is 0 Å². The van der Waals surface area contributed by atoms with Crippen molar-refractivity contribution in [2.24, 2.45) is 0 Å². The molecule has 1 atom stereocenters. The maximum absolute atomic E-state index is 12.3. The number of H-pyrrole nitrogens is 1. The summed E-state index contributed by atoms with van der Waals surface area (Å²) < 4.78 is 0. The Morgan fingerprint density at radius 3 is 3.12 bits per heavy atom. The van der Waals surface area contributed by atoms with E-state index in [0.29, 0.717) is 0 Å². The summed E-state index contributed by atoms with van der Waals surface area (Å²) in [7, 11) is 1.93. The Balaban J connectivity index is 2.17. The van der Waals surface area contributed by atoms with E-state index in [1.165, 1.54) is 0 Å². The second-order valence-corrected chi connectivity index (χ2v) is 4.69. The van der Waals surface area contributed by atoms with Crippen molar-refractivity contribution in [1.82, 2.24) is 15.2 Å². The highest BCUT2D eigenvalue weighted by Crippen LogP contribution is 2.29. The number of rotatable bonds is 3. The normalized spacial score (nSPS) is 25.0. The lowest BCUT2D eigenvalue weighted by Crippen LogP contribution is -2.50. The third-order valence-corrected chi connectivity index (χ3v) is 3.40. The van der Waals surface area contributed by atoms with Crippen LogP contribution in [0.1, 0.15) is 30.1 Å². The molecule has 4 heteroatoms. The molecule has 4 nitrogen and oxygen atoms in total. The maximum Gasteiger partial charge on any atom is 0.255 e. The molecule has 1 aliphatic rings. The van der Waals surface area contributed by atoms with Gasteiger partial charge in [-0.05, 0) is 32.9 Å². The average molecular weight is 221 g/mol. The SMILES string of the molecule is CNCC1(C)CCCN1C(=O)c1cc[nH]c1.